The third-order valence-electron chi connectivity index (χ3n) is 3.99. The summed E-state index contributed by atoms with van der Waals surface area (Å²) in [6, 6.07) is 15.7. The Morgan fingerprint density at radius 2 is 1.92 bits per heavy atom. The highest BCUT2D eigenvalue weighted by Crippen LogP contribution is 2.20. The maximum atomic E-state index is 11.9. The maximum Gasteiger partial charge on any atom is 0.315 e. The Kier molecular flexibility index (Phi) is 5.60. The van der Waals surface area contributed by atoms with Crippen LogP contribution >= 0.6 is 15.9 Å². The Bertz CT molecular complexity index is 859. The lowest BCUT2D eigenvalue weighted by molar-refractivity contribution is 0.240. The standard InChI is InChI=1S/C19H20BrN3O2/c1-25-17-6-2-14(3-7-17)13-22-19(24)21-9-11-23-10-8-15-4-5-16(20)12-18(15)23/h2-8,10,12H,9,11,13H2,1H3,(H2,21,22,24). The van der Waals surface area contributed by atoms with Gasteiger partial charge < -0.3 is 19.9 Å². The predicted octanol–water partition coefficient (Wildman–Crippen LogP) is 3.91. The molecule has 0 saturated carbocycles. The van der Waals surface area contributed by atoms with Crippen LogP contribution in [0.5, 0.6) is 5.75 Å². The summed E-state index contributed by atoms with van der Waals surface area (Å²) in [4.78, 5) is 11.9. The molecule has 2 amide bonds. The number of nitrogens with one attached hydrogen (secondary N) is 2. The minimum absolute atomic E-state index is 0.173. The van der Waals surface area contributed by atoms with Gasteiger partial charge in [-0.3, -0.25) is 0 Å². The van der Waals surface area contributed by atoms with Gasteiger partial charge in [0.1, 0.15) is 5.75 Å². The monoisotopic (exact) mass is 401 g/mol. The second-order valence-electron chi connectivity index (χ2n) is 5.67. The van der Waals surface area contributed by atoms with Gasteiger partial charge >= 0.3 is 6.03 Å². The second-order valence-corrected chi connectivity index (χ2v) is 6.59. The Labute approximate surface area is 155 Å². The number of rotatable bonds is 6. The van der Waals surface area contributed by atoms with Gasteiger partial charge in [0, 0.05) is 35.8 Å². The first-order chi connectivity index (χ1) is 12.2. The van der Waals surface area contributed by atoms with Crippen molar-refractivity contribution < 1.29 is 9.53 Å². The van der Waals surface area contributed by atoms with Crippen molar-refractivity contribution in [3.63, 3.8) is 0 Å². The number of halogens is 1. The van der Waals surface area contributed by atoms with E-state index < -0.39 is 0 Å². The smallest absolute Gasteiger partial charge is 0.315 e. The van der Waals surface area contributed by atoms with Gasteiger partial charge in [-0.1, -0.05) is 34.1 Å². The lowest BCUT2D eigenvalue weighted by Gasteiger charge is -2.10. The zero-order chi connectivity index (χ0) is 17.6. The summed E-state index contributed by atoms with van der Waals surface area (Å²) in [5.74, 6) is 0.804. The van der Waals surface area contributed by atoms with Crippen LogP contribution in [-0.2, 0) is 13.1 Å². The molecule has 0 unspecified atom stereocenters. The molecule has 25 heavy (non-hydrogen) atoms. The molecular weight excluding hydrogens is 382 g/mol. The Hall–Kier alpha value is -2.47. The van der Waals surface area contributed by atoms with Crippen LogP contribution in [0.3, 0.4) is 0 Å². The van der Waals surface area contributed by atoms with E-state index >= 15 is 0 Å². The molecule has 0 saturated heterocycles. The molecule has 0 bridgehead atoms. The quantitative estimate of drug-likeness (QED) is 0.657. The molecule has 2 N–H and O–H groups in total. The van der Waals surface area contributed by atoms with Crippen molar-refractivity contribution in [1.29, 1.82) is 0 Å². The molecule has 1 heterocycles. The molecule has 2 aromatic carbocycles. The molecule has 130 valence electrons. The van der Waals surface area contributed by atoms with Gasteiger partial charge in [-0.15, -0.1) is 0 Å². The normalized spacial score (nSPS) is 10.6. The number of hydrogen-bond donors (Lipinski definition) is 2. The van der Waals surface area contributed by atoms with Crippen molar-refractivity contribution >= 4 is 32.9 Å². The Balaban J connectivity index is 1.46. The van der Waals surface area contributed by atoms with Crippen molar-refractivity contribution in [3.05, 3.63) is 64.8 Å². The highest BCUT2D eigenvalue weighted by atomic mass is 79.9. The summed E-state index contributed by atoms with van der Waals surface area (Å²) in [5.41, 5.74) is 2.17. The molecule has 0 aliphatic rings. The number of fused-ring (bicyclic) bond motifs is 1. The lowest BCUT2D eigenvalue weighted by Crippen LogP contribution is -2.36. The number of amides is 2. The van der Waals surface area contributed by atoms with E-state index in [9.17, 15) is 4.79 Å². The van der Waals surface area contributed by atoms with E-state index in [1.165, 1.54) is 5.39 Å². The Morgan fingerprint density at radius 1 is 1.12 bits per heavy atom. The highest BCUT2D eigenvalue weighted by molar-refractivity contribution is 9.10. The van der Waals surface area contributed by atoms with Gasteiger partial charge in [0.15, 0.2) is 0 Å². The zero-order valence-electron chi connectivity index (χ0n) is 14.0. The van der Waals surface area contributed by atoms with E-state index in [-0.39, 0.29) is 6.03 Å². The van der Waals surface area contributed by atoms with Crippen molar-refractivity contribution in [2.45, 2.75) is 13.1 Å². The first kappa shape index (κ1) is 17.4. The Morgan fingerprint density at radius 3 is 2.68 bits per heavy atom. The summed E-state index contributed by atoms with van der Waals surface area (Å²) in [6.45, 7) is 1.76. The van der Waals surface area contributed by atoms with E-state index in [2.05, 4.69) is 49.3 Å². The van der Waals surface area contributed by atoms with E-state index in [0.717, 1.165) is 27.8 Å². The van der Waals surface area contributed by atoms with Crippen LogP contribution in [0.15, 0.2) is 59.2 Å². The van der Waals surface area contributed by atoms with Crippen molar-refractivity contribution in [2.75, 3.05) is 13.7 Å². The van der Waals surface area contributed by atoms with Gasteiger partial charge in [0.25, 0.3) is 0 Å². The fourth-order valence-corrected chi connectivity index (χ4v) is 2.98. The van der Waals surface area contributed by atoms with Crippen LogP contribution in [-0.4, -0.2) is 24.3 Å². The molecule has 0 fully saturated rings. The number of nitrogens with zero attached hydrogens (tertiary/aromatic N) is 1. The molecule has 0 atom stereocenters. The summed E-state index contributed by atoms with van der Waals surface area (Å²) in [7, 11) is 1.63. The van der Waals surface area contributed by atoms with Crippen LogP contribution in [0.1, 0.15) is 5.56 Å². The predicted molar refractivity (Wildman–Crippen MR) is 103 cm³/mol. The fourth-order valence-electron chi connectivity index (χ4n) is 2.63. The van der Waals surface area contributed by atoms with E-state index in [1.807, 2.05) is 36.5 Å². The van der Waals surface area contributed by atoms with Gasteiger partial charge in [-0.25, -0.2) is 4.79 Å². The number of aromatic nitrogens is 1. The minimum atomic E-state index is -0.173. The summed E-state index contributed by atoms with van der Waals surface area (Å²) < 4.78 is 8.29. The average molecular weight is 402 g/mol. The SMILES string of the molecule is COc1ccc(CNC(=O)NCCn2ccc3ccc(Br)cc32)cc1. The maximum absolute atomic E-state index is 11.9. The largest absolute Gasteiger partial charge is 0.497 e. The van der Waals surface area contributed by atoms with Crippen LogP contribution in [0.4, 0.5) is 4.79 Å². The summed E-state index contributed by atoms with van der Waals surface area (Å²) in [6.07, 6.45) is 2.04. The molecule has 6 heteroatoms. The number of hydrogen-bond acceptors (Lipinski definition) is 2. The van der Waals surface area contributed by atoms with Crippen molar-refractivity contribution in [3.8, 4) is 5.75 Å². The number of urea groups is 1. The number of ether oxygens (including phenoxy) is 1. The minimum Gasteiger partial charge on any atom is -0.497 e. The number of carbonyl (C=O) groups is 1. The van der Waals surface area contributed by atoms with E-state index in [1.54, 1.807) is 7.11 Å². The fraction of sp³-hybridized carbons (Fsp3) is 0.211. The zero-order valence-corrected chi connectivity index (χ0v) is 15.5. The lowest BCUT2D eigenvalue weighted by atomic mass is 10.2. The van der Waals surface area contributed by atoms with Gasteiger partial charge in [0.2, 0.25) is 0 Å². The third-order valence-corrected chi connectivity index (χ3v) is 4.48. The molecule has 0 spiro atoms. The first-order valence-electron chi connectivity index (χ1n) is 8.05. The third kappa shape index (κ3) is 4.54. The number of carbonyl (C=O) groups excluding carboxylic acids is 1. The van der Waals surface area contributed by atoms with Crippen molar-refractivity contribution in [2.24, 2.45) is 0 Å². The molecule has 0 aliphatic heterocycles. The highest BCUT2D eigenvalue weighted by Gasteiger charge is 2.04. The van der Waals surface area contributed by atoms with E-state index in [0.29, 0.717) is 13.1 Å². The average Bonchev–Trinajstić information content (AvgIpc) is 3.02. The number of benzene rings is 2. The summed E-state index contributed by atoms with van der Waals surface area (Å²) in [5, 5.41) is 6.93. The second kappa shape index (κ2) is 8.07. The molecular formula is C19H20BrN3O2. The molecule has 0 aliphatic carbocycles. The van der Waals surface area contributed by atoms with Crippen LogP contribution < -0.4 is 15.4 Å². The van der Waals surface area contributed by atoms with Crippen LogP contribution in [0.25, 0.3) is 10.9 Å². The number of methoxy groups -OCH3 is 1. The molecule has 0 radical (unpaired) electrons. The molecule has 3 aromatic rings. The molecule has 1 aromatic heterocycles. The van der Waals surface area contributed by atoms with Gasteiger partial charge in [0.05, 0.1) is 7.11 Å². The summed E-state index contributed by atoms with van der Waals surface area (Å²) >= 11 is 3.49. The van der Waals surface area contributed by atoms with Crippen molar-refractivity contribution in [1.82, 2.24) is 15.2 Å². The topological polar surface area (TPSA) is 55.3 Å². The van der Waals surface area contributed by atoms with Gasteiger partial charge in [-0.2, -0.15) is 0 Å². The molecule has 5 nitrogen and oxygen atoms in total. The van der Waals surface area contributed by atoms with Gasteiger partial charge in [-0.05, 0) is 41.3 Å². The van der Waals surface area contributed by atoms with Crippen LogP contribution in [0, 0.1) is 0 Å². The first-order valence-corrected chi connectivity index (χ1v) is 8.84. The van der Waals surface area contributed by atoms with Crippen LogP contribution in [0.2, 0.25) is 0 Å². The van der Waals surface area contributed by atoms with E-state index in [4.69, 9.17) is 4.74 Å². The molecule has 3 rings (SSSR count).